The van der Waals surface area contributed by atoms with E-state index >= 15 is 0 Å². The van der Waals surface area contributed by atoms with Crippen LogP contribution in [0, 0.1) is 0 Å². The highest BCUT2D eigenvalue weighted by atomic mass is 19.3. The lowest BCUT2D eigenvalue weighted by Crippen LogP contribution is -2.49. The third-order valence-electron chi connectivity index (χ3n) is 7.22. The summed E-state index contributed by atoms with van der Waals surface area (Å²) in [5.41, 5.74) is 2.71. The molecule has 4 rings (SSSR count). The van der Waals surface area contributed by atoms with Gasteiger partial charge in [0, 0.05) is 76.2 Å². The molecule has 194 valence electrons. The Morgan fingerprint density at radius 3 is 1.97 bits per heavy atom. The molecule has 1 N–H and O–H groups in total. The first-order valence-corrected chi connectivity index (χ1v) is 12.8. The summed E-state index contributed by atoms with van der Waals surface area (Å²) >= 11 is 0. The number of morpholine rings is 1. The predicted octanol–water partition coefficient (Wildman–Crippen LogP) is 3.83. The maximum Gasteiger partial charge on any atom is 0.270 e. The summed E-state index contributed by atoms with van der Waals surface area (Å²) in [5, 5.41) is 11.0. The minimum Gasteiger partial charge on any atom is -0.384 e. The molecule has 0 atom stereocenters. The van der Waals surface area contributed by atoms with Crippen LogP contribution in [0.25, 0.3) is 5.69 Å². The van der Waals surface area contributed by atoms with Gasteiger partial charge in [-0.15, -0.1) is 0 Å². The summed E-state index contributed by atoms with van der Waals surface area (Å²) in [5.74, 6) is -2.88. The Balaban J connectivity index is 1.53. The first-order valence-electron chi connectivity index (χ1n) is 12.8. The molecule has 0 aliphatic carbocycles. The summed E-state index contributed by atoms with van der Waals surface area (Å²) in [7, 11) is 0. The number of ether oxygens (including phenoxy) is 1. The first-order chi connectivity index (χ1) is 16.6. The smallest absolute Gasteiger partial charge is 0.270 e. The van der Waals surface area contributed by atoms with Crippen LogP contribution < -0.4 is 4.90 Å². The summed E-state index contributed by atoms with van der Waals surface area (Å²) in [4.78, 5) is 7.40. The van der Waals surface area contributed by atoms with Gasteiger partial charge in [-0.05, 0) is 38.5 Å². The molecule has 3 heterocycles. The van der Waals surface area contributed by atoms with Crippen molar-refractivity contribution in [3.63, 3.8) is 0 Å². The molecule has 1 aromatic heterocycles. The van der Waals surface area contributed by atoms with Gasteiger partial charge >= 0.3 is 0 Å². The van der Waals surface area contributed by atoms with Crippen molar-refractivity contribution in [1.82, 2.24) is 14.4 Å². The molecule has 2 aromatic rings. The number of nitrogens with zero attached hydrogens (tertiary/aromatic N) is 4. The number of aliphatic hydroxyl groups is 1. The number of piperazine rings is 1. The van der Waals surface area contributed by atoms with Crippen LogP contribution in [0.2, 0.25) is 0 Å². The number of hydrogen-bond donors (Lipinski definition) is 1. The van der Waals surface area contributed by atoms with Crippen LogP contribution in [0.4, 0.5) is 14.5 Å². The van der Waals surface area contributed by atoms with Crippen LogP contribution in [-0.4, -0.2) is 85.0 Å². The van der Waals surface area contributed by atoms with Crippen molar-refractivity contribution in [3.8, 4) is 5.69 Å². The molecular formula is C27H40F2N4O2. The van der Waals surface area contributed by atoms with E-state index in [2.05, 4.69) is 32.3 Å². The number of halogens is 2. The van der Waals surface area contributed by atoms with Crippen molar-refractivity contribution >= 4 is 5.69 Å². The summed E-state index contributed by atoms with van der Waals surface area (Å²) in [6, 6.07) is 8.51. The van der Waals surface area contributed by atoms with Gasteiger partial charge in [0.2, 0.25) is 0 Å². The van der Waals surface area contributed by atoms with Gasteiger partial charge in [0.15, 0.2) is 0 Å². The molecule has 2 fully saturated rings. The SMILES string of the molecule is CCc1c(N2CCN(CCN3CCOCC3)CC2)cc(C(C)(C)O)n1-c1ccc(C(C)(F)F)cc1. The van der Waals surface area contributed by atoms with Crippen LogP contribution in [0.3, 0.4) is 0 Å². The van der Waals surface area contributed by atoms with E-state index in [1.807, 2.05) is 0 Å². The number of benzene rings is 1. The minimum atomic E-state index is -2.88. The number of alkyl halides is 2. The number of aromatic nitrogens is 1. The molecule has 0 spiro atoms. The Bertz CT molecular complexity index is 965. The Hall–Kier alpha value is -2.00. The van der Waals surface area contributed by atoms with Crippen molar-refractivity contribution in [1.29, 1.82) is 0 Å². The topological polar surface area (TPSA) is 44.1 Å². The maximum atomic E-state index is 13.8. The second-order valence-corrected chi connectivity index (χ2v) is 10.3. The van der Waals surface area contributed by atoms with Crippen LogP contribution >= 0.6 is 0 Å². The molecular weight excluding hydrogens is 450 g/mol. The van der Waals surface area contributed by atoms with Crippen LogP contribution in [0.1, 0.15) is 44.6 Å². The van der Waals surface area contributed by atoms with E-state index in [1.165, 1.54) is 12.1 Å². The zero-order chi connectivity index (χ0) is 25.2. The second-order valence-electron chi connectivity index (χ2n) is 10.3. The zero-order valence-corrected chi connectivity index (χ0v) is 21.6. The molecule has 0 saturated carbocycles. The largest absolute Gasteiger partial charge is 0.384 e. The third kappa shape index (κ3) is 6.05. The molecule has 0 radical (unpaired) electrons. The average molecular weight is 491 g/mol. The zero-order valence-electron chi connectivity index (χ0n) is 21.6. The van der Waals surface area contributed by atoms with Crippen LogP contribution in [0.5, 0.6) is 0 Å². The lowest BCUT2D eigenvalue weighted by atomic mass is 10.0. The Kier molecular flexibility index (Phi) is 7.86. The van der Waals surface area contributed by atoms with E-state index < -0.39 is 11.5 Å². The monoisotopic (exact) mass is 490 g/mol. The molecule has 35 heavy (non-hydrogen) atoms. The molecule has 0 bridgehead atoms. The Morgan fingerprint density at radius 1 is 0.886 bits per heavy atom. The number of anilines is 1. The number of rotatable bonds is 8. The molecule has 8 heteroatoms. The fraction of sp³-hybridized carbons (Fsp3) is 0.630. The highest BCUT2D eigenvalue weighted by molar-refractivity contribution is 5.59. The van der Waals surface area contributed by atoms with Crippen LogP contribution in [-0.2, 0) is 22.7 Å². The molecule has 2 aliphatic rings. The summed E-state index contributed by atoms with van der Waals surface area (Å²) < 4.78 is 35.1. The minimum absolute atomic E-state index is 0.00955. The van der Waals surface area contributed by atoms with Crippen molar-refractivity contribution in [3.05, 3.63) is 47.3 Å². The van der Waals surface area contributed by atoms with Crippen molar-refractivity contribution in [2.45, 2.75) is 45.6 Å². The first kappa shape index (κ1) is 26.1. The average Bonchev–Trinajstić information content (AvgIpc) is 3.23. The summed E-state index contributed by atoms with van der Waals surface area (Å²) in [6.45, 7) is 16.3. The van der Waals surface area contributed by atoms with E-state index in [0.717, 1.165) is 102 Å². The van der Waals surface area contributed by atoms with Gasteiger partial charge in [-0.1, -0.05) is 19.1 Å². The predicted molar refractivity (Wildman–Crippen MR) is 136 cm³/mol. The maximum absolute atomic E-state index is 13.8. The number of hydrogen-bond acceptors (Lipinski definition) is 5. The lowest BCUT2D eigenvalue weighted by molar-refractivity contribution is 0.0174. The molecule has 2 aliphatic heterocycles. The van der Waals surface area contributed by atoms with E-state index in [-0.39, 0.29) is 5.56 Å². The second kappa shape index (κ2) is 10.5. The van der Waals surface area contributed by atoms with E-state index in [1.54, 1.807) is 26.0 Å². The molecule has 6 nitrogen and oxygen atoms in total. The molecule has 2 saturated heterocycles. The fourth-order valence-corrected chi connectivity index (χ4v) is 5.12. The fourth-order valence-electron chi connectivity index (χ4n) is 5.12. The molecule has 0 unspecified atom stereocenters. The van der Waals surface area contributed by atoms with Crippen molar-refractivity contribution in [2.24, 2.45) is 0 Å². The van der Waals surface area contributed by atoms with Gasteiger partial charge in [0.25, 0.3) is 5.92 Å². The van der Waals surface area contributed by atoms with Gasteiger partial charge in [-0.3, -0.25) is 9.80 Å². The van der Waals surface area contributed by atoms with Crippen LogP contribution in [0.15, 0.2) is 30.3 Å². The van der Waals surface area contributed by atoms with Crippen molar-refractivity contribution in [2.75, 3.05) is 70.5 Å². The van der Waals surface area contributed by atoms with Gasteiger partial charge in [0.1, 0.15) is 0 Å². The normalized spacial score (nSPS) is 18.9. The van der Waals surface area contributed by atoms with Crippen molar-refractivity contribution < 1.29 is 18.6 Å². The molecule has 0 amide bonds. The van der Waals surface area contributed by atoms with Gasteiger partial charge in [0.05, 0.1) is 30.2 Å². The highest BCUT2D eigenvalue weighted by Gasteiger charge is 2.30. The standard InChI is InChI=1S/C27H40F2N4O2/c1-5-23-24(32-14-12-30(13-15-32)10-11-31-16-18-35-19-17-31)20-25(26(2,3)34)33(23)22-8-6-21(7-9-22)27(4,28)29/h6-9,20,34H,5,10-19H2,1-4H3. The third-order valence-corrected chi connectivity index (χ3v) is 7.22. The van der Waals surface area contributed by atoms with Gasteiger partial charge in [-0.25, -0.2) is 8.78 Å². The Labute approximate surface area is 208 Å². The Morgan fingerprint density at radius 2 is 1.46 bits per heavy atom. The summed E-state index contributed by atoms with van der Waals surface area (Å²) in [6.07, 6.45) is 0.772. The van der Waals surface area contributed by atoms with E-state index in [9.17, 15) is 13.9 Å². The lowest BCUT2D eigenvalue weighted by Gasteiger charge is -2.37. The molecule has 1 aromatic carbocycles. The van der Waals surface area contributed by atoms with Gasteiger partial charge < -0.3 is 19.3 Å². The van der Waals surface area contributed by atoms with E-state index in [4.69, 9.17) is 4.74 Å². The quantitative estimate of drug-likeness (QED) is 0.609. The highest BCUT2D eigenvalue weighted by Crippen LogP contribution is 2.36. The van der Waals surface area contributed by atoms with E-state index in [0.29, 0.717) is 0 Å². The van der Waals surface area contributed by atoms with Gasteiger partial charge in [-0.2, -0.15) is 0 Å².